The molecule has 2 aromatic rings. The number of halogens is 2. The zero-order valence-corrected chi connectivity index (χ0v) is 11.9. The van der Waals surface area contributed by atoms with Crippen LogP contribution in [-0.2, 0) is 6.42 Å². The third-order valence-corrected chi connectivity index (χ3v) is 3.31. The SMILES string of the molecule is CCOc1ccc(C(O)Cc2cccc(Cl)c2F)cc1. The lowest BCUT2D eigenvalue weighted by Gasteiger charge is -2.13. The molecule has 0 aliphatic heterocycles. The number of hydrogen-bond donors (Lipinski definition) is 1. The molecule has 2 rings (SSSR count). The molecule has 0 aliphatic rings. The topological polar surface area (TPSA) is 29.5 Å². The third kappa shape index (κ3) is 3.50. The summed E-state index contributed by atoms with van der Waals surface area (Å²) in [6.07, 6.45) is -0.598. The van der Waals surface area contributed by atoms with Crippen molar-refractivity contribution < 1.29 is 14.2 Å². The number of rotatable bonds is 5. The fourth-order valence-electron chi connectivity index (χ4n) is 1.99. The molecule has 0 amide bonds. The summed E-state index contributed by atoms with van der Waals surface area (Å²) in [5.74, 6) is 0.275. The largest absolute Gasteiger partial charge is 0.494 e. The van der Waals surface area contributed by atoms with E-state index >= 15 is 0 Å². The van der Waals surface area contributed by atoms with Crippen LogP contribution in [-0.4, -0.2) is 11.7 Å². The molecule has 1 N–H and O–H groups in total. The Morgan fingerprint density at radius 3 is 2.55 bits per heavy atom. The summed E-state index contributed by atoms with van der Waals surface area (Å²) in [7, 11) is 0. The zero-order chi connectivity index (χ0) is 14.5. The quantitative estimate of drug-likeness (QED) is 0.897. The van der Waals surface area contributed by atoms with Gasteiger partial charge in [0.25, 0.3) is 0 Å². The minimum absolute atomic E-state index is 0.0707. The molecule has 0 radical (unpaired) electrons. The molecule has 0 aromatic heterocycles. The second-order valence-electron chi connectivity index (χ2n) is 4.43. The van der Waals surface area contributed by atoms with E-state index in [-0.39, 0.29) is 11.4 Å². The van der Waals surface area contributed by atoms with Gasteiger partial charge in [-0.3, -0.25) is 0 Å². The molecule has 0 spiro atoms. The predicted molar refractivity (Wildman–Crippen MR) is 77.7 cm³/mol. The molecule has 0 fully saturated rings. The van der Waals surface area contributed by atoms with E-state index in [1.54, 1.807) is 36.4 Å². The van der Waals surface area contributed by atoms with Crippen LogP contribution in [0.15, 0.2) is 42.5 Å². The van der Waals surface area contributed by atoms with Gasteiger partial charge in [-0.05, 0) is 36.2 Å². The maximum absolute atomic E-state index is 13.8. The monoisotopic (exact) mass is 294 g/mol. The van der Waals surface area contributed by atoms with Crippen LogP contribution in [0.1, 0.15) is 24.2 Å². The zero-order valence-electron chi connectivity index (χ0n) is 11.1. The van der Waals surface area contributed by atoms with Crippen LogP contribution in [0, 0.1) is 5.82 Å². The summed E-state index contributed by atoms with van der Waals surface area (Å²) in [6, 6.07) is 11.9. The minimum atomic E-state index is -0.779. The minimum Gasteiger partial charge on any atom is -0.494 e. The molecule has 1 atom stereocenters. The van der Waals surface area contributed by atoms with E-state index < -0.39 is 11.9 Å². The van der Waals surface area contributed by atoms with Crippen molar-refractivity contribution in [2.24, 2.45) is 0 Å². The number of aliphatic hydroxyl groups excluding tert-OH is 1. The van der Waals surface area contributed by atoms with Crippen molar-refractivity contribution in [2.75, 3.05) is 6.61 Å². The van der Waals surface area contributed by atoms with E-state index in [1.165, 1.54) is 6.07 Å². The Morgan fingerprint density at radius 1 is 1.20 bits per heavy atom. The third-order valence-electron chi connectivity index (χ3n) is 3.02. The van der Waals surface area contributed by atoms with Gasteiger partial charge >= 0.3 is 0 Å². The number of benzene rings is 2. The Hall–Kier alpha value is -1.58. The molecule has 4 heteroatoms. The van der Waals surface area contributed by atoms with Crippen LogP contribution in [0.3, 0.4) is 0 Å². The van der Waals surface area contributed by atoms with Crippen molar-refractivity contribution in [3.05, 3.63) is 64.4 Å². The van der Waals surface area contributed by atoms with Crippen LogP contribution in [0.5, 0.6) is 5.75 Å². The lowest BCUT2D eigenvalue weighted by atomic mass is 10.0. The molecule has 0 saturated heterocycles. The highest BCUT2D eigenvalue weighted by Crippen LogP contribution is 2.25. The standard InChI is InChI=1S/C16H16ClFO2/c1-2-20-13-8-6-11(7-9-13)15(19)10-12-4-3-5-14(17)16(12)18/h3-9,15,19H,2,10H2,1H3. The second kappa shape index (κ2) is 6.73. The summed E-state index contributed by atoms with van der Waals surface area (Å²) >= 11 is 5.73. The van der Waals surface area contributed by atoms with Gasteiger partial charge in [-0.25, -0.2) is 4.39 Å². The first-order valence-electron chi connectivity index (χ1n) is 6.45. The summed E-state index contributed by atoms with van der Waals surface area (Å²) in [5.41, 5.74) is 1.12. The summed E-state index contributed by atoms with van der Waals surface area (Å²) in [4.78, 5) is 0. The van der Waals surface area contributed by atoms with Crippen molar-refractivity contribution in [1.29, 1.82) is 0 Å². The van der Waals surface area contributed by atoms with Gasteiger partial charge in [0.15, 0.2) is 0 Å². The van der Waals surface area contributed by atoms with Crippen molar-refractivity contribution in [2.45, 2.75) is 19.4 Å². The van der Waals surface area contributed by atoms with E-state index in [1.807, 2.05) is 6.92 Å². The normalized spacial score (nSPS) is 12.2. The summed E-state index contributed by atoms with van der Waals surface area (Å²) < 4.78 is 19.1. The second-order valence-corrected chi connectivity index (χ2v) is 4.84. The van der Waals surface area contributed by atoms with E-state index in [4.69, 9.17) is 16.3 Å². The van der Waals surface area contributed by atoms with E-state index in [0.29, 0.717) is 17.7 Å². The first-order valence-corrected chi connectivity index (χ1v) is 6.83. The van der Waals surface area contributed by atoms with E-state index in [2.05, 4.69) is 0 Å². The van der Waals surface area contributed by atoms with E-state index in [0.717, 1.165) is 5.75 Å². The molecular weight excluding hydrogens is 279 g/mol. The number of hydrogen-bond acceptors (Lipinski definition) is 2. The van der Waals surface area contributed by atoms with Crippen LogP contribution < -0.4 is 4.74 Å². The molecule has 0 heterocycles. The molecule has 2 aromatic carbocycles. The molecular formula is C16H16ClFO2. The fourth-order valence-corrected chi connectivity index (χ4v) is 2.18. The molecule has 2 nitrogen and oxygen atoms in total. The van der Waals surface area contributed by atoms with Crippen LogP contribution in [0.4, 0.5) is 4.39 Å². The van der Waals surface area contributed by atoms with Gasteiger partial charge in [0.05, 0.1) is 17.7 Å². The van der Waals surface area contributed by atoms with Crippen LogP contribution in [0.25, 0.3) is 0 Å². The van der Waals surface area contributed by atoms with Crippen molar-refractivity contribution in [3.63, 3.8) is 0 Å². The van der Waals surface area contributed by atoms with Crippen molar-refractivity contribution >= 4 is 11.6 Å². The molecule has 106 valence electrons. The van der Waals surface area contributed by atoms with Crippen LogP contribution >= 0.6 is 11.6 Å². The maximum atomic E-state index is 13.8. The summed E-state index contributed by atoms with van der Waals surface area (Å²) in [6.45, 7) is 2.50. The number of aliphatic hydroxyl groups is 1. The lowest BCUT2D eigenvalue weighted by molar-refractivity contribution is 0.177. The van der Waals surface area contributed by atoms with Crippen molar-refractivity contribution in [1.82, 2.24) is 0 Å². The van der Waals surface area contributed by atoms with Gasteiger partial charge in [-0.15, -0.1) is 0 Å². The van der Waals surface area contributed by atoms with Gasteiger partial charge in [0.2, 0.25) is 0 Å². The smallest absolute Gasteiger partial charge is 0.145 e. The molecule has 1 unspecified atom stereocenters. The van der Waals surface area contributed by atoms with E-state index in [9.17, 15) is 9.50 Å². The Labute approximate surface area is 122 Å². The number of ether oxygens (including phenoxy) is 1. The highest BCUT2D eigenvalue weighted by Gasteiger charge is 2.13. The Morgan fingerprint density at radius 2 is 1.90 bits per heavy atom. The molecule has 20 heavy (non-hydrogen) atoms. The average Bonchev–Trinajstić information content (AvgIpc) is 2.45. The van der Waals surface area contributed by atoms with Gasteiger partial charge in [0.1, 0.15) is 11.6 Å². The van der Waals surface area contributed by atoms with Gasteiger partial charge in [0, 0.05) is 6.42 Å². The Kier molecular flexibility index (Phi) is 4.99. The van der Waals surface area contributed by atoms with Crippen LogP contribution in [0.2, 0.25) is 5.02 Å². The predicted octanol–water partition coefficient (Wildman–Crippen LogP) is 4.15. The molecule has 0 aliphatic carbocycles. The Bertz CT molecular complexity index is 569. The van der Waals surface area contributed by atoms with Gasteiger partial charge in [-0.1, -0.05) is 35.9 Å². The highest BCUT2D eigenvalue weighted by atomic mass is 35.5. The summed E-state index contributed by atoms with van der Waals surface area (Å²) in [5, 5.41) is 10.2. The lowest BCUT2D eigenvalue weighted by Crippen LogP contribution is -2.04. The fraction of sp³-hybridized carbons (Fsp3) is 0.250. The van der Waals surface area contributed by atoms with Crippen molar-refractivity contribution in [3.8, 4) is 5.75 Å². The first-order chi connectivity index (χ1) is 9.61. The molecule has 0 bridgehead atoms. The average molecular weight is 295 g/mol. The highest BCUT2D eigenvalue weighted by molar-refractivity contribution is 6.30. The van der Waals surface area contributed by atoms with Gasteiger partial charge in [-0.2, -0.15) is 0 Å². The first kappa shape index (κ1) is 14.8. The Balaban J connectivity index is 2.11. The molecule has 0 saturated carbocycles. The van der Waals surface area contributed by atoms with Gasteiger partial charge < -0.3 is 9.84 Å². The maximum Gasteiger partial charge on any atom is 0.145 e.